The van der Waals surface area contributed by atoms with Gasteiger partial charge in [0.15, 0.2) is 0 Å². The summed E-state index contributed by atoms with van der Waals surface area (Å²) in [4.78, 5) is 0. The fourth-order valence-electron chi connectivity index (χ4n) is 6.61. The Morgan fingerprint density at radius 2 is 0.714 bits per heavy atom. The van der Waals surface area contributed by atoms with Gasteiger partial charge in [-0.25, -0.2) is 0 Å². The molecule has 0 amide bonds. The molecule has 5 aromatic carbocycles. The first-order valence-corrected chi connectivity index (χ1v) is 21.9. The van der Waals surface area contributed by atoms with Crippen molar-refractivity contribution in [1.82, 2.24) is 0 Å². The number of alkyl halides is 17. The Morgan fingerprint density at radius 1 is 0.357 bits per heavy atom. The summed E-state index contributed by atoms with van der Waals surface area (Å²) in [5.41, 5.74) is 0.903. The zero-order valence-electron chi connectivity index (χ0n) is 28.2. The summed E-state index contributed by atoms with van der Waals surface area (Å²) >= 11 is -4.72. The van der Waals surface area contributed by atoms with Gasteiger partial charge in [0.1, 0.15) is 0 Å². The molecule has 0 heterocycles. The van der Waals surface area contributed by atoms with Crippen LogP contribution in [0.15, 0.2) is 115 Å². The Kier molecular flexibility index (Phi) is 11.1. The Bertz CT molecular complexity index is 2080. The van der Waals surface area contributed by atoms with E-state index in [9.17, 15) is 57.1 Å². The molecule has 302 valence electrons. The minimum absolute atomic E-state index is 0.146. The quantitative estimate of drug-likeness (QED) is 0.0770. The van der Waals surface area contributed by atoms with Crippen LogP contribution in [0.5, 0.6) is 0 Å². The Balaban J connectivity index is 1.60. The van der Waals surface area contributed by atoms with E-state index in [2.05, 4.69) is 0 Å². The molecule has 5 aromatic rings. The van der Waals surface area contributed by atoms with Crippen LogP contribution in [0.25, 0.3) is 21.5 Å². The van der Waals surface area contributed by atoms with Crippen molar-refractivity contribution in [3.63, 3.8) is 0 Å². The molecule has 5 rings (SSSR count). The Morgan fingerprint density at radius 3 is 1.12 bits per heavy atom. The van der Waals surface area contributed by atoms with E-state index in [-0.39, 0.29) is 10.5 Å². The second kappa shape index (κ2) is 14.4. The predicted octanol–water partition coefficient (Wildman–Crippen LogP) is 12.6. The van der Waals surface area contributed by atoms with Gasteiger partial charge in [-0.05, 0) is 0 Å². The van der Waals surface area contributed by atoms with Gasteiger partial charge in [0, 0.05) is 0 Å². The zero-order chi connectivity index (χ0) is 41.8. The number of hydrogen-bond donors (Lipinski definition) is 0. The van der Waals surface area contributed by atoms with Gasteiger partial charge in [0.05, 0.1) is 0 Å². The van der Waals surface area contributed by atoms with E-state index in [1.807, 2.05) is 0 Å². The van der Waals surface area contributed by atoms with Crippen molar-refractivity contribution in [2.24, 2.45) is 0 Å². The second-order valence-corrected chi connectivity index (χ2v) is 22.6. The van der Waals surface area contributed by atoms with E-state index in [0.29, 0.717) is 26.3 Å². The van der Waals surface area contributed by atoms with Gasteiger partial charge in [-0.2, -0.15) is 0 Å². The molecule has 0 N–H and O–H groups in total. The molecule has 0 spiro atoms. The third-order valence-electron chi connectivity index (χ3n) is 9.80. The van der Waals surface area contributed by atoms with Crippen molar-refractivity contribution in [3.05, 3.63) is 126 Å². The summed E-state index contributed by atoms with van der Waals surface area (Å²) < 4.78 is 241. The summed E-state index contributed by atoms with van der Waals surface area (Å²) in [6, 6.07) is 30.8. The summed E-state index contributed by atoms with van der Waals surface area (Å²) in [7, 11) is 0. The molecular weight excluding hydrogens is 852 g/mol. The molecule has 0 aliphatic rings. The van der Waals surface area contributed by atoms with Crippen LogP contribution in [0.1, 0.15) is 17.5 Å². The molecule has 18 heteroatoms. The molecule has 0 fully saturated rings. The number of rotatable bonds is 14. The summed E-state index contributed by atoms with van der Waals surface area (Å²) in [6.07, 6.45) is -10.3. The molecule has 0 aliphatic carbocycles. The van der Waals surface area contributed by atoms with E-state index in [0.717, 1.165) is 10.8 Å². The fraction of sp³-hybridized carbons (Fsp3) is 0.316. The van der Waals surface area contributed by atoms with Crippen LogP contribution in [0, 0.1) is 0 Å². The maximum absolute atomic E-state index is 15.6. The molecule has 0 atom stereocenters. The van der Waals surface area contributed by atoms with Crippen molar-refractivity contribution in [1.29, 1.82) is 0 Å². The van der Waals surface area contributed by atoms with Crippen LogP contribution in [0.3, 0.4) is 0 Å². The zero-order valence-corrected chi connectivity index (χ0v) is 30.3. The number of hydrogen-bond acceptors (Lipinski definition) is 0. The van der Waals surface area contributed by atoms with Gasteiger partial charge in [0.2, 0.25) is 0 Å². The van der Waals surface area contributed by atoms with E-state index >= 15 is 17.6 Å². The van der Waals surface area contributed by atoms with Crippen molar-refractivity contribution in [2.75, 3.05) is 0 Å². The molecule has 0 saturated carbocycles. The first kappa shape index (κ1) is 43.1. The first-order valence-electron chi connectivity index (χ1n) is 16.4. The number of benzene rings is 5. The van der Waals surface area contributed by atoms with Gasteiger partial charge in [0.25, 0.3) is 0 Å². The van der Waals surface area contributed by atoms with Gasteiger partial charge >= 0.3 is 310 Å². The molecule has 0 radical (unpaired) electrons. The third kappa shape index (κ3) is 7.09. The van der Waals surface area contributed by atoms with Crippen LogP contribution in [0.4, 0.5) is 74.6 Å². The predicted molar refractivity (Wildman–Crippen MR) is 177 cm³/mol. The molecule has 0 aliphatic heterocycles. The van der Waals surface area contributed by atoms with E-state index < -0.39 is 72.6 Å². The van der Waals surface area contributed by atoms with Crippen molar-refractivity contribution in [2.45, 2.75) is 69.8 Å². The maximum atomic E-state index is 15.6. The molecule has 0 nitrogen and oxygen atoms in total. The van der Waals surface area contributed by atoms with Gasteiger partial charge in [-0.15, -0.1) is 0 Å². The fourth-order valence-corrected chi connectivity index (χ4v) is 16.8. The van der Waals surface area contributed by atoms with Gasteiger partial charge < -0.3 is 0 Å². The van der Waals surface area contributed by atoms with E-state index in [4.69, 9.17) is 0 Å². The van der Waals surface area contributed by atoms with Crippen molar-refractivity contribution in [3.8, 4) is 0 Å². The first-order chi connectivity index (χ1) is 25.7. The average Bonchev–Trinajstić information content (AvgIpc) is 3.13. The summed E-state index contributed by atoms with van der Waals surface area (Å²) in [5.74, 6) is -56.6. The van der Waals surface area contributed by atoms with Crippen LogP contribution in [-0.4, -0.2) is 60.9 Å². The topological polar surface area (TPSA) is 0 Å². The number of fused-ring (bicyclic) bond motifs is 2. The van der Waals surface area contributed by atoms with Crippen LogP contribution in [0.2, 0.25) is 5.25 Å². The minimum atomic E-state index is -8.67. The van der Waals surface area contributed by atoms with Crippen LogP contribution >= 0.6 is 0 Å². The normalized spacial score (nSPS) is 14.4. The standard InChI is InChI=1S/C38H27F17Ge/c39-31(40,32(41,42)33(43,44)34(45,46)35(47,48)36(49,50)37(51,52)38(53,54)55)18-19-56(30-12-2-1-3-13-30,22-24-14-16-26-8-4-6-10-28(26)20-24)23-25-15-17-27-9-5-7-11-29(27)21-25/h1-17,20-21H,18-19,22-23H2. The van der Waals surface area contributed by atoms with Crippen LogP contribution in [-0.2, 0) is 10.5 Å². The second-order valence-electron chi connectivity index (χ2n) is 13.5. The van der Waals surface area contributed by atoms with E-state index in [1.165, 1.54) is 30.3 Å². The summed E-state index contributed by atoms with van der Waals surface area (Å²) in [5, 5.41) is 1.33. The van der Waals surface area contributed by atoms with Gasteiger partial charge in [-0.1, -0.05) is 0 Å². The SMILES string of the molecule is FC(F)(F)C(F)(F)C(F)(F)C(F)(F)C(F)(F)C(F)(F)C(F)(F)C(F)(F)C[CH2][Ge]([CH2]c1ccc2ccccc2c1)([CH2]c1ccc2ccccc2c1)[c]1ccccc1. The van der Waals surface area contributed by atoms with E-state index in [1.54, 1.807) is 84.9 Å². The van der Waals surface area contributed by atoms with Crippen molar-refractivity contribution < 1.29 is 74.6 Å². The third-order valence-corrected chi connectivity index (χ3v) is 20.2. The van der Waals surface area contributed by atoms with Crippen LogP contribution < -0.4 is 4.40 Å². The summed E-state index contributed by atoms with van der Waals surface area (Å²) in [6.45, 7) is 0. The molecule has 0 bridgehead atoms. The Hall–Kier alpha value is -4.03. The Labute approximate surface area is 309 Å². The molecule has 0 aromatic heterocycles. The molecule has 56 heavy (non-hydrogen) atoms. The number of halogens is 17. The molecule has 0 unspecified atom stereocenters. The average molecular weight is 879 g/mol. The van der Waals surface area contributed by atoms with Gasteiger partial charge in [-0.3, -0.25) is 0 Å². The van der Waals surface area contributed by atoms with Crippen molar-refractivity contribution >= 4 is 39.2 Å². The monoisotopic (exact) mass is 880 g/mol. The molecule has 0 saturated heterocycles. The molecular formula is C38H27F17Ge.